The molecule has 0 saturated heterocycles. The highest BCUT2D eigenvalue weighted by Gasteiger charge is 2.17. The Morgan fingerprint density at radius 1 is 1.10 bits per heavy atom. The van der Waals surface area contributed by atoms with E-state index in [4.69, 9.17) is 18.9 Å². The molecule has 0 fully saturated rings. The molecule has 0 spiro atoms. The SMILES string of the molecule is COc1cccc(OCC(O)c2ccc3c(c2)OCO3)c1. The van der Waals surface area contributed by atoms with Crippen molar-refractivity contribution in [1.29, 1.82) is 0 Å². The van der Waals surface area contributed by atoms with Gasteiger partial charge in [0.25, 0.3) is 0 Å². The monoisotopic (exact) mass is 288 g/mol. The van der Waals surface area contributed by atoms with Gasteiger partial charge in [0.1, 0.15) is 24.2 Å². The van der Waals surface area contributed by atoms with E-state index in [1.54, 1.807) is 31.4 Å². The van der Waals surface area contributed by atoms with Crippen LogP contribution in [0.4, 0.5) is 0 Å². The van der Waals surface area contributed by atoms with Crippen LogP contribution in [0.1, 0.15) is 11.7 Å². The van der Waals surface area contributed by atoms with Crippen LogP contribution in [0.2, 0.25) is 0 Å². The van der Waals surface area contributed by atoms with Gasteiger partial charge in [-0.3, -0.25) is 0 Å². The number of fused-ring (bicyclic) bond motifs is 1. The van der Waals surface area contributed by atoms with Gasteiger partial charge in [-0.15, -0.1) is 0 Å². The fourth-order valence-corrected chi connectivity index (χ4v) is 2.08. The molecule has 1 atom stereocenters. The summed E-state index contributed by atoms with van der Waals surface area (Å²) in [6.07, 6.45) is -0.745. The van der Waals surface area contributed by atoms with Crippen LogP contribution in [0.3, 0.4) is 0 Å². The normalized spacial score (nSPS) is 13.8. The summed E-state index contributed by atoms with van der Waals surface area (Å²) in [4.78, 5) is 0. The van der Waals surface area contributed by atoms with Gasteiger partial charge in [0.2, 0.25) is 6.79 Å². The molecule has 0 amide bonds. The molecule has 5 nitrogen and oxygen atoms in total. The Kier molecular flexibility index (Phi) is 3.83. The summed E-state index contributed by atoms with van der Waals surface area (Å²) in [6, 6.07) is 12.6. The van der Waals surface area contributed by atoms with E-state index in [9.17, 15) is 5.11 Å². The minimum atomic E-state index is -0.745. The molecule has 2 aromatic carbocycles. The van der Waals surface area contributed by atoms with Gasteiger partial charge >= 0.3 is 0 Å². The van der Waals surface area contributed by atoms with Crippen LogP contribution in [-0.4, -0.2) is 25.6 Å². The average Bonchev–Trinajstić information content (AvgIpc) is 3.00. The van der Waals surface area contributed by atoms with Crippen molar-refractivity contribution in [2.24, 2.45) is 0 Å². The average molecular weight is 288 g/mol. The third-order valence-corrected chi connectivity index (χ3v) is 3.23. The molecule has 0 aromatic heterocycles. The second-order valence-corrected chi connectivity index (χ2v) is 4.62. The Morgan fingerprint density at radius 3 is 2.76 bits per heavy atom. The zero-order chi connectivity index (χ0) is 14.7. The summed E-state index contributed by atoms with van der Waals surface area (Å²) in [5.74, 6) is 2.70. The van der Waals surface area contributed by atoms with Gasteiger partial charge in [-0.25, -0.2) is 0 Å². The minimum absolute atomic E-state index is 0.146. The van der Waals surface area contributed by atoms with Crippen LogP contribution >= 0.6 is 0 Å². The Morgan fingerprint density at radius 2 is 1.90 bits per heavy atom. The first-order valence-electron chi connectivity index (χ1n) is 6.61. The maximum Gasteiger partial charge on any atom is 0.231 e. The van der Waals surface area contributed by atoms with Crippen LogP contribution in [-0.2, 0) is 0 Å². The number of hydrogen-bond donors (Lipinski definition) is 1. The van der Waals surface area contributed by atoms with Crippen molar-refractivity contribution < 1.29 is 24.1 Å². The summed E-state index contributed by atoms with van der Waals surface area (Å²) in [5.41, 5.74) is 0.724. The molecule has 21 heavy (non-hydrogen) atoms. The van der Waals surface area contributed by atoms with Crippen LogP contribution in [0, 0.1) is 0 Å². The highest BCUT2D eigenvalue weighted by atomic mass is 16.7. The number of aliphatic hydroxyl groups is 1. The predicted molar refractivity (Wildman–Crippen MR) is 76.0 cm³/mol. The molecule has 110 valence electrons. The largest absolute Gasteiger partial charge is 0.497 e. The highest BCUT2D eigenvalue weighted by molar-refractivity contribution is 5.45. The van der Waals surface area contributed by atoms with Crippen LogP contribution < -0.4 is 18.9 Å². The van der Waals surface area contributed by atoms with E-state index < -0.39 is 6.10 Å². The number of hydrogen-bond acceptors (Lipinski definition) is 5. The standard InChI is InChI=1S/C16H16O5/c1-18-12-3-2-4-13(8-12)19-9-14(17)11-5-6-15-16(7-11)21-10-20-15/h2-8,14,17H,9-10H2,1H3. The molecular formula is C16H16O5. The Labute approximate surface area is 122 Å². The van der Waals surface area contributed by atoms with E-state index in [0.717, 1.165) is 5.56 Å². The molecule has 1 unspecified atom stereocenters. The fraction of sp³-hybridized carbons (Fsp3) is 0.250. The number of ether oxygens (including phenoxy) is 4. The van der Waals surface area contributed by atoms with Crippen LogP contribution in [0.5, 0.6) is 23.0 Å². The van der Waals surface area contributed by atoms with Gasteiger partial charge in [0.05, 0.1) is 7.11 Å². The van der Waals surface area contributed by atoms with Gasteiger partial charge in [-0.2, -0.15) is 0 Å². The van der Waals surface area contributed by atoms with Crippen molar-refractivity contribution in [3.8, 4) is 23.0 Å². The van der Waals surface area contributed by atoms with Crippen molar-refractivity contribution in [3.05, 3.63) is 48.0 Å². The quantitative estimate of drug-likeness (QED) is 0.916. The summed E-state index contributed by atoms with van der Waals surface area (Å²) in [6.45, 7) is 0.363. The maximum atomic E-state index is 10.2. The lowest BCUT2D eigenvalue weighted by Crippen LogP contribution is -2.09. The molecule has 0 aliphatic carbocycles. The molecule has 5 heteroatoms. The summed E-state index contributed by atoms with van der Waals surface area (Å²) in [7, 11) is 1.60. The molecular weight excluding hydrogens is 272 g/mol. The third-order valence-electron chi connectivity index (χ3n) is 3.23. The van der Waals surface area contributed by atoms with E-state index >= 15 is 0 Å². The Hall–Kier alpha value is -2.40. The van der Waals surface area contributed by atoms with E-state index in [1.807, 2.05) is 18.2 Å². The second kappa shape index (κ2) is 5.93. The van der Waals surface area contributed by atoms with Gasteiger partial charge < -0.3 is 24.1 Å². The van der Waals surface area contributed by atoms with Crippen molar-refractivity contribution in [2.75, 3.05) is 20.5 Å². The zero-order valence-electron chi connectivity index (χ0n) is 11.6. The summed E-state index contributed by atoms with van der Waals surface area (Å²) >= 11 is 0. The number of rotatable bonds is 5. The number of benzene rings is 2. The first-order chi connectivity index (χ1) is 10.3. The fourth-order valence-electron chi connectivity index (χ4n) is 2.08. The van der Waals surface area contributed by atoms with Crippen molar-refractivity contribution in [1.82, 2.24) is 0 Å². The van der Waals surface area contributed by atoms with Gasteiger partial charge in [0, 0.05) is 6.07 Å². The van der Waals surface area contributed by atoms with E-state index in [2.05, 4.69) is 0 Å². The second-order valence-electron chi connectivity index (χ2n) is 4.62. The molecule has 3 rings (SSSR count). The molecule has 1 N–H and O–H groups in total. The van der Waals surface area contributed by atoms with Crippen molar-refractivity contribution in [2.45, 2.75) is 6.10 Å². The lowest BCUT2D eigenvalue weighted by atomic mass is 10.1. The minimum Gasteiger partial charge on any atom is -0.497 e. The van der Waals surface area contributed by atoms with Crippen LogP contribution in [0.25, 0.3) is 0 Å². The first-order valence-corrected chi connectivity index (χ1v) is 6.61. The van der Waals surface area contributed by atoms with Gasteiger partial charge in [0.15, 0.2) is 11.5 Å². The predicted octanol–water partition coefficient (Wildman–Crippen LogP) is 2.54. The lowest BCUT2D eigenvalue weighted by molar-refractivity contribution is 0.108. The summed E-state index contributed by atoms with van der Waals surface area (Å²) < 4.78 is 21.2. The molecule has 1 aliphatic rings. The first kappa shape index (κ1) is 13.6. The third kappa shape index (κ3) is 3.03. The van der Waals surface area contributed by atoms with Crippen molar-refractivity contribution >= 4 is 0 Å². The van der Waals surface area contributed by atoms with Gasteiger partial charge in [-0.1, -0.05) is 12.1 Å². The molecule has 1 aliphatic heterocycles. The van der Waals surface area contributed by atoms with Crippen LogP contribution in [0.15, 0.2) is 42.5 Å². The molecule has 0 saturated carbocycles. The molecule has 1 heterocycles. The maximum absolute atomic E-state index is 10.2. The van der Waals surface area contributed by atoms with E-state index in [-0.39, 0.29) is 13.4 Å². The van der Waals surface area contributed by atoms with E-state index in [1.165, 1.54) is 0 Å². The molecule has 0 radical (unpaired) electrons. The number of aliphatic hydroxyl groups excluding tert-OH is 1. The van der Waals surface area contributed by atoms with E-state index in [0.29, 0.717) is 23.0 Å². The van der Waals surface area contributed by atoms with Gasteiger partial charge in [-0.05, 0) is 29.8 Å². The summed E-state index contributed by atoms with van der Waals surface area (Å²) in [5, 5.41) is 10.2. The highest BCUT2D eigenvalue weighted by Crippen LogP contribution is 2.34. The zero-order valence-corrected chi connectivity index (χ0v) is 11.6. The lowest BCUT2D eigenvalue weighted by Gasteiger charge is -2.13. The smallest absolute Gasteiger partial charge is 0.231 e. The Balaban J connectivity index is 1.64. The topological polar surface area (TPSA) is 57.2 Å². The molecule has 2 aromatic rings. The van der Waals surface area contributed by atoms with Crippen molar-refractivity contribution in [3.63, 3.8) is 0 Å². The number of methoxy groups -OCH3 is 1. The Bertz CT molecular complexity index is 626. The molecule has 0 bridgehead atoms.